The maximum atomic E-state index is 13.5. The van der Waals surface area contributed by atoms with E-state index in [0.717, 1.165) is 0 Å². The first kappa shape index (κ1) is 41.5. The van der Waals surface area contributed by atoms with E-state index in [2.05, 4.69) is 9.47 Å². The highest BCUT2D eigenvalue weighted by molar-refractivity contribution is 5.98. The van der Waals surface area contributed by atoms with E-state index in [1.54, 1.807) is 0 Å². The van der Waals surface area contributed by atoms with Crippen LogP contribution in [0.3, 0.4) is 0 Å². The first-order valence-electron chi connectivity index (χ1n) is 12.0. The van der Waals surface area contributed by atoms with Crippen LogP contribution in [-0.4, -0.2) is 207 Å². The minimum Gasteiger partial charge on any atom is -0.504 e. The van der Waals surface area contributed by atoms with Crippen LogP contribution in [0.15, 0.2) is 0 Å². The topological polar surface area (TPSA) is 585 Å². The summed E-state index contributed by atoms with van der Waals surface area (Å²) in [5, 5.41) is 274. The molecule has 1 aromatic rings. The van der Waals surface area contributed by atoms with Gasteiger partial charge in [-0.2, -0.15) is 4.90 Å². The fourth-order valence-corrected chi connectivity index (χ4v) is 5.33. The van der Waals surface area contributed by atoms with Crippen molar-refractivity contribution < 1.29 is 152 Å². The molecule has 288 valence electrons. The third kappa shape index (κ3) is 4.72. The normalized spacial score (nSPS) is 27.0. The zero-order valence-corrected chi connectivity index (χ0v) is 23.2. The van der Waals surface area contributed by atoms with Gasteiger partial charge in [-0.3, -0.25) is 4.79 Å². The summed E-state index contributed by atoms with van der Waals surface area (Å²) in [5.41, 5.74) is -23.5. The number of nitrogens with zero attached hydrogens (tertiary/aromatic N) is 1. The molecule has 0 aromatic heterocycles. The first-order valence-corrected chi connectivity index (χ1v) is 12.0. The van der Waals surface area contributed by atoms with Crippen LogP contribution in [0.25, 0.3) is 0 Å². The van der Waals surface area contributed by atoms with Gasteiger partial charge in [0.2, 0.25) is 23.0 Å². The molecule has 3 rings (SSSR count). The monoisotopic (exact) mass is 749 g/mol. The van der Waals surface area contributed by atoms with Gasteiger partial charge < -0.3 is 147 Å². The predicted molar refractivity (Wildman–Crippen MR) is 124 cm³/mol. The van der Waals surface area contributed by atoms with E-state index >= 15 is 0 Å². The van der Waals surface area contributed by atoms with Crippen LogP contribution in [0, 0.1) is 0 Å². The fraction of sp³-hybridized carbons (Fsp3) is 0.632. The molecule has 1 saturated heterocycles. The van der Waals surface area contributed by atoms with Crippen molar-refractivity contribution in [3.63, 3.8) is 0 Å². The van der Waals surface area contributed by atoms with E-state index in [9.17, 15) is 127 Å². The summed E-state index contributed by atoms with van der Waals surface area (Å²) in [5.74, 6) is -55.4. The molecule has 2 unspecified atom stereocenters. The van der Waals surface area contributed by atoms with Crippen LogP contribution in [0.2, 0.25) is 0 Å². The lowest BCUT2D eigenvalue weighted by Crippen LogP contribution is -2.98. The van der Waals surface area contributed by atoms with Crippen molar-refractivity contribution in [1.29, 1.82) is 0 Å². The van der Waals surface area contributed by atoms with E-state index in [-0.39, 0.29) is 0 Å². The number of phenolic OH excluding ortho intramolecular Hbond substituents is 2. The number of hydrogen-bond donors (Lipinski definition) is 27. The Morgan fingerprint density at radius 2 is 0.840 bits per heavy atom. The van der Waals surface area contributed by atoms with Gasteiger partial charge in [-0.15, -0.1) is 0 Å². The molecule has 0 radical (unpaired) electrons. The third-order valence-electron chi connectivity index (χ3n) is 7.55. The molecule has 2 aliphatic rings. The minimum atomic E-state index is -6.42. The first-order chi connectivity index (χ1) is 21.5. The van der Waals surface area contributed by atoms with Crippen LogP contribution in [0.5, 0.6) is 23.0 Å². The second-order valence-electron chi connectivity index (χ2n) is 10.8. The molecule has 27 N–H and O–H groups in total. The zero-order valence-electron chi connectivity index (χ0n) is 23.2. The number of phenols is 2. The molecule has 50 heavy (non-hydrogen) atoms. The number of aliphatic hydroxyl groups is 25. The summed E-state index contributed by atoms with van der Waals surface area (Å²) in [4.78, 5) is 11.3. The van der Waals surface area contributed by atoms with E-state index in [0.29, 0.717) is 0 Å². The van der Waals surface area contributed by atoms with Gasteiger partial charge in [-0.25, -0.2) is 0 Å². The number of rotatable bonds is 8. The summed E-state index contributed by atoms with van der Waals surface area (Å²) in [6.45, 7) is 0. The maximum absolute atomic E-state index is 13.5. The molecule has 0 amide bonds. The van der Waals surface area contributed by atoms with Crippen LogP contribution < -0.4 is 9.47 Å². The standard InChI is InChI=1S/C19H27NO30/c21-3-1-2(4(22)6(50-19(46,47)48)5(3)49-18(43,44)45)10(26,27)15(35,36)20-9(1,25)11(28,29)7(23)8(24,14(20,33)34)13(31,32)12(30,16(37,38)39)17(40,41)42/h21-22,24-48H. The number of benzene rings is 1. The lowest BCUT2D eigenvalue weighted by molar-refractivity contribution is -0.596. The Balaban J connectivity index is 2.72. The Kier molecular flexibility index (Phi) is 8.58. The lowest BCUT2D eigenvalue weighted by atomic mass is 9.62. The Hall–Kier alpha value is -2.95. The molecule has 0 saturated carbocycles. The summed E-state index contributed by atoms with van der Waals surface area (Å²) in [6.07, 6.45) is -9.47. The molecular weight excluding hydrogens is 722 g/mol. The van der Waals surface area contributed by atoms with Gasteiger partial charge in [-0.1, -0.05) is 0 Å². The van der Waals surface area contributed by atoms with E-state index < -0.39 is 115 Å². The number of carbonyl (C=O) groups excluding carboxylic acids is 1. The molecule has 2 atom stereocenters. The van der Waals surface area contributed by atoms with Crippen LogP contribution in [0.1, 0.15) is 11.1 Å². The van der Waals surface area contributed by atoms with Crippen molar-refractivity contribution in [3.05, 3.63) is 11.1 Å². The summed E-state index contributed by atoms with van der Waals surface area (Å²) in [7, 11) is 0. The predicted octanol–water partition coefficient (Wildman–Crippen LogP) is -16.4. The van der Waals surface area contributed by atoms with Gasteiger partial charge in [0.05, 0.1) is 11.1 Å². The molecule has 0 aliphatic carbocycles. The molecule has 2 aliphatic heterocycles. The van der Waals surface area contributed by atoms with Crippen LogP contribution in [-0.2, 0) is 16.3 Å². The number of ether oxygens (including phenoxy) is 2. The minimum absolute atomic E-state index is 2.18. The zero-order chi connectivity index (χ0) is 40.0. The maximum Gasteiger partial charge on any atom is 0.453 e. The number of piperidine rings is 1. The SMILES string of the molecule is O=C1C(O)(O)C2(O)c3c(O)c(OC(O)(O)O)c(OC(O)(O)O)c(O)c3C(O)(O)C(O)(O)N2C(O)(O)C1(O)C(O)(O)C(O)(C(O)(O)O)C(O)(O)O. The van der Waals surface area contributed by atoms with Gasteiger partial charge in [0.25, 0.3) is 40.4 Å². The molecule has 1 aromatic carbocycles. The van der Waals surface area contributed by atoms with Gasteiger partial charge in [0, 0.05) is 0 Å². The van der Waals surface area contributed by atoms with Crippen molar-refractivity contribution in [3.8, 4) is 23.0 Å². The Bertz CT molecular complexity index is 1560. The van der Waals surface area contributed by atoms with E-state index in [1.807, 2.05) is 0 Å². The molecule has 2 heterocycles. The molecule has 31 heteroatoms. The summed E-state index contributed by atoms with van der Waals surface area (Å²) < 4.78 is 7.67. The number of Topliss-reactive ketones (excluding diaryl/α,β-unsaturated/α-hetero) is 1. The molecule has 1 fully saturated rings. The van der Waals surface area contributed by atoms with Gasteiger partial charge in [-0.05, 0) is 0 Å². The third-order valence-corrected chi connectivity index (χ3v) is 7.55. The summed E-state index contributed by atoms with van der Waals surface area (Å²) in [6, 6.07) is 0. The number of carbonyl (C=O) groups is 1. The number of ketones is 1. The van der Waals surface area contributed by atoms with Crippen molar-refractivity contribution >= 4 is 5.78 Å². The quantitative estimate of drug-likeness (QED) is 0.0866. The fourth-order valence-electron chi connectivity index (χ4n) is 5.33. The highest BCUT2D eigenvalue weighted by Crippen LogP contribution is 2.67. The van der Waals surface area contributed by atoms with Crippen LogP contribution >= 0.6 is 0 Å². The number of aromatic hydroxyl groups is 2. The molecular formula is C19H27NO30. The van der Waals surface area contributed by atoms with E-state index in [4.69, 9.17) is 15.3 Å². The van der Waals surface area contributed by atoms with Crippen molar-refractivity contribution in [2.75, 3.05) is 0 Å². The van der Waals surface area contributed by atoms with Crippen molar-refractivity contribution in [2.45, 2.75) is 70.4 Å². The molecule has 0 spiro atoms. The second kappa shape index (κ2) is 10.3. The van der Waals surface area contributed by atoms with Crippen molar-refractivity contribution in [1.82, 2.24) is 4.90 Å². The lowest BCUT2D eigenvalue weighted by Gasteiger charge is -2.67. The molecule has 0 bridgehead atoms. The average Bonchev–Trinajstić information content (AvgIpc) is 2.85. The Morgan fingerprint density at radius 3 is 1.16 bits per heavy atom. The molecule has 31 nitrogen and oxygen atoms in total. The van der Waals surface area contributed by atoms with E-state index in [1.165, 1.54) is 0 Å². The Morgan fingerprint density at radius 1 is 0.500 bits per heavy atom. The van der Waals surface area contributed by atoms with Crippen LogP contribution in [0.4, 0.5) is 0 Å². The van der Waals surface area contributed by atoms with Crippen molar-refractivity contribution in [2.24, 2.45) is 0 Å². The summed E-state index contributed by atoms with van der Waals surface area (Å²) >= 11 is 0. The average molecular weight is 749 g/mol. The van der Waals surface area contributed by atoms with Gasteiger partial charge in [0.1, 0.15) is 0 Å². The highest BCUT2D eigenvalue weighted by atomic mass is 16.9. The van der Waals surface area contributed by atoms with Gasteiger partial charge in [0.15, 0.2) is 11.5 Å². The second-order valence-corrected chi connectivity index (χ2v) is 10.8. The number of hydrogen-bond acceptors (Lipinski definition) is 31. The number of fused-ring (bicyclic) bond motifs is 3. The van der Waals surface area contributed by atoms with Gasteiger partial charge >= 0.3 is 24.3 Å². The smallest absolute Gasteiger partial charge is 0.453 e. The Labute approximate surface area is 268 Å². The highest BCUT2D eigenvalue weighted by Gasteiger charge is 2.94. The largest absolute Gasteiger partial charge is 0.504 e.